The molecule has 1 amide bonds. The summed E-state index contributed by atoms with van der Waals surface area (Å²) in [6.07, 6.45) is 2.52. The first-order valence-corrected chi connectivity index (χ1v) is 9.35. The highest BCUT2D eigenvalue weighted by Gasteiger charge is 2.51. The summed E-state index contributed by atoms with van der Waals surface area (Å²) in [4.78, 5) is 14.5. The zero-order valence-corrected chi connectivity index (χ0v) is 15.0. The Morgan fingerprint density at radius 1 is 1.38 bits per heavy atom. The van der Waals surface area contributed by atoms with Gasteiger partial charge in [-0.15, -0.1) is 0 Å². The predicted octanol–water partition coefficient (Wildman–Crippen LogP) is 2.18. The van der Waals surface area contributed by atoms with Crippen LogP contribution in [0.5, 0.6) is 0 Å². The van der Waals surface area contributed by atoms with Crippen molar-refractivity contribution >= 4 is 5.91 Å². The summed E-state index contributed by atoms with van der Waals surface area (Å²) in [6, 6.07) is 9.40. The topological polar surface area (TPSA) is 92.6 Å². The molecule has 26 heavy (non-hydrogen) atoms. The van der Waals surface area contributed by atoms with Crippen molar-refractivity contribution in [1.82, 2.24) is 10.1 Å². The number of piperidine rings is 1. The molecule has 4 rings (SSSR count). The number of aliphatic hydroxyl groups excluding tert-OH is 1. The molecule has 1 saturated heterocycles. The number of carbonyl (C=O) groups excluding carboxylic acids is 1. The maximum Gasteiger partial charge on any atom is 0.276 e. The first-order chi connectivity index (χ1) is 12.6. The van der Waals surface area contributed by atoms with E-state index >= 15 is 0 Å². The third-order valence-electron chi connectivity index (χ3n) is 5.98. The summed E-state index contributed by atoms with van der Waals surface area (Å²) in [5, 5.41) is 14.8. The molecular weight excluding hydrogens is 330 g/mol. The number of aliphatic hydroxyl groups is 1. The van der Waals surface area contributed by atoms with E-state index in [0.29, 0.717) is 31.6 Å². The average molecular weight is 355 g/mol. The fourth-order valence-electron chi connectivity index (χ4n) is 4.53. The van der Waals surface area contributed by atoms with E-state index in [-0.39, 0.29) is 17.4 Å². The van der Waals surface area contributed by atoms with Gasteiger partial charge in [0.25, 0.3) is 5.91 Å². The van der Waals surface area contributed by atoms with Crippen LogP contribution in [0, 0.1) is 0 Å². The fourth-order valence-corrected chi connectivity index (χ4v) is 4.53. The molecule has 6 heteroatoms. The number of rotatable bonds is 3. The van der Waals surface area contributed by atoms with E-state index in [2.05, 4.69) is 18.1 Å². The second kappa shape index (κ2) is 6.52. The molecule has 2 atom stereocenters. The minimum atomic E-state index is -0.611. The van der Waals surface area contributed by atoms with E-state index in [1.807, 2.05) is 18.2 Å². The van der Waals surface area contributed by atoms with Crippen LogP contribution in [-0.2, 0) is 11.8 Å². The smallest absolute Gasteiger partial charge is 0.276 e. The third-order valence-corrected chi connectivity index (χ3v) is 5.98. The van der Waals surface area contributed by atoms with Crippen LogP contribution < -0.4 is 5.73 Å². The Labute approximate surface area is 153 Å². The maximum atomic E-state index is 12.7. The number of nitrogens with two attached hydrogens (primary N) is 1. The van der Waals surface area contributed by atoms with Gasteiger partial charge in [-0.1, -0.05) is 36.3 Å². The molecule has 1 aromatic heterocycles. The molecule has 2 aliphatic rings. The molecule has 1 aliphatic carbocycles. The number of hydrogen-bond acceptors (Lipinski definition) is 5. The summed E-state index contributed by atoms with van der Waals surface area (Å²) in [7, 11) is 0. The van der Waals surface area contributed by atoms with Gasteiger partial charge >= 0.3 is 0 Å². The largest absolute Gasteiger partial charge is 0.390 e. The van der Waals surface area contributed by atoms with Gasteiger partial charge < -0.3 is 20.3 Å². The molecule has 1 fully saturated rings. The van der Waals surface area contributed by atoms with E-state index < -0.39 is 6.10 Å². The highest BCUT2D eigenvalue weighted by Crippen LogP contribution is 2.50. The lowest BCUT2D eigenvalue weighted by Crippen LogP contribution is -2.50. The zero-order chi connectivity index (χ0) is 18.3. The lowest BCUT2D eigenvalue weighted by atomic mass is 9.72. The number of likely N-dealkylation sites (tertiary alicyclic amines) is 1. The van der Waals surface area contributed by atoms with Gasteiger partial charge in [0, 0.05) is 31.0 Å². The molecule has 0 bridgehead atoms. The highest BCUT2D eigenvalue weighted by atomic mass is 16.5. The second-order valence-electron chi connectivity index (χ2n) is 7.43. The number of fused-ring (bicyclic) bond motifs is 2. The van der Waals surface area contributed by atoms with Crippen molar-refractivity contribution < 1.29 is 14.4 Å². The first-order valence-electron chi connectivity index (χ1n) is 9.35. The van der Waals surface area contributed by atoms with Crippen molar-refractivity contribution in [2.75, 3.05) is 13.1 Å². The first kappa shape index (κ1) is 17.2. The number of aryl methyl sites for hydroxylation is 1. The van der Waals surface area contributed by atoms with Gasteiger partial charge in [-0.3, -0.25) is 4.79 Å². The summed E-state index contributed by atoms with van der Waals surface area (Å²) in [6.45, 7) is 3.21. The summed E-state index contributed by atoms with van der Waals surface area (Å²) >= 11 is 0. The minimum Gasteiger partial charge on any atom is -0.390 e. The minimum absolute atomic E-state index is 0.101. The van der Waals surface area contributed by atoms with Gasteiger partial charge in [0.2, 0.25) is 0 Å². The average Bonchev–Trinajstić information content (AvgIpc) is 3.22. The summed E-state index contributed by atoms with van der Waals surface area (Å²) in [5.41, 5.74) is 8.44. The van der Waals surface area contributed by atoms with Crippen molar-refractivity contribution in [2.24, 2.45) is 5.73 Å². The Morgan fingerprint density at radius 2 is 2.12 bits per heavy atom. The van der Waals surface area contributed by atoms with Crippen molar-refractivity contribution in [1.29, 1.82) is 0 Å². The molecule has 6 nitrogen and oxygen atoms in total. The number of aromatic nitrogens is 1. The van der Waals surface area contributed by atoms with Crippen LogP contribution in [0.3, 0.4) is 0 Å². The molecule has 0 radical (unpaired) electrons. The van der Waals surface area contributed by atoms with Gasteiger partial charge in [-0.05, 0) is 30.4 Å². The van der Waals surface area contributed by atoms with E-state index in [9.17, 15) is 9.90 Å². The maximum absolute atomic E-state index is 12.7. The molecule has 3 N–H and O–H groups in total. The summed E-state index contributed by atoms with van der Waals surface area (Å²) < 4.78 is 5.23. The van der Waals surface area contributed by atoms with Gasteiger partial charge in [0.15, 0.2) is 5.69 Å². The Hall–Kier alpha value is -2.18. The zero-order valence-electron chi connectivity index (χ0n) is 15.0. The number of benzene rings is 1. The van der Waals surface area contributed by atoms with E-state index in [0.717, 1.165) is 29.7 Å². The number of carbonyl (C=O) groups is 1. The van der Waals surface area contributed by atoms with Crippen LogP contribution in [-0.4, -0.2) is 40.3 Å². The number of hydrogen-bond donors (Lipinski definition) is 2. The molecule has 1 aromatic carbocycles. The van der Waals surface area contributed by atoms with Crippen LogP contribution in [0.25, 0.3) is 0 Å². The van der Waals surface area contributed by atoms with Crippen molar-refractivity contribution in [3.8, 4) is 0 Å². The highest BCUT2D eigenvalue weighted by molar-refractivity contribution is 5.92. The Morgan fingerprint density at radius 3 is 2.85 bits per heavy atom. The monoisotopic (exact) mass is 355 g/mol. The fraction of sp³-hybridized carbons (Fsp3) is 0.500. The van der Waals surface area contributed by atoms with Crippen LogP contribution in [0.4, 0.5) is 0 Å². The van der Waals surface area contributed by atoms with E-state index in [4.69, 9.17) is 10.3 Å². The molecule has 2 aromatic rings. The van der Waals surface area contributed by atoms with Crippen LogP contribution >= 0.6 is 0 Å². The van der Waals surface area contributed by atoms with Crippen molar-refractivity contribution in [3.63, 3.8) is 0 Å². The predicted molar refractivity (Wildman–Crippen MR) is 96.7 cm³/mol. The van der Waals surface area contributed by atoms with Gasteiger partial charge in [0.1, 0.15) is 5.76 Å². The van der Waals surface area contributed by atoms with E-state index in [1.165, 1.54) is 0 Å². The number of nitrogens with zero attached hydrogens (tertiary/aromatic N) is 2. The quantitative estimate of drug-likeness (QED) is 0.880. The molecule has 1 aliphatic heterocycles. The van der Waals surface area contributed by atoms with Crippen molar-refractivity contribution in [2.45, 2.75) is 50.2 Å². The molecule has 2 heterocycles. The Bertz CT molecular complexity index is 808. The Balaban J connectivity index is 1.51. The molecule has 1 spiro atoms. The normalized spacial score (nSPS) is 24.0. The van der Waals surface area contributed by atoms with Gasteiger partial charge in [-0.25, -0.2) is 0 Å². The third kappa shape index (κ3) is 2.56. The van der Waals surface area contributed by atoms with E-state index in [1.54, 1.807) is 11.0 Å². The Kier molecular flexibility index (Phi) is 4.32. The molecule has 0 unspecified atom stereocenters. The standard InChI is InChI=1S/C20H25N3O3/c1-2-5-13-12-16(22-26-13)19(25)23-10-8-20(9-11-23)15-7-4-3-6-14(15)17(21)18(20)24/h3-4,6-7,12,17-18,24H,2,5,8-11,21H2,1H3/t17-,18+/m1/s1. The molecule has 138 valence electrons. The summed E-state index contributed by atoms with van der Waals surface area (Å²) in [5.74, 6) is 0.645. The lowest BCUT2D eigenvalue weighted by molar-refractivity contribution is 0.0259. The lowest BCUT2D eigenvalue weighted by Gasteiger charge is -2.42. The van der Waals surface area contributed by atoms with Crippen LogP contribution in [0.2, 0.25) is 0 Å². The van der Waals surface area contributed by atoms with Crippen LogP contribution in [0.15, 0.2) is 34.9 Å². The van der Waals surface area contributed by atoms with Gasteiger partial charge in [-0.2, -0.15) is 0 Å². The molecule has 0 saturated carbocycles. The van der Waals surface area contributed by atoms with Crippen molar-refractivity contribution in [3.05, 3.63) is 52.9 Å². The second-order valence-corrected chi connectivity index (χ2v) is 7.43. The SMILES string of the molecule is CCCc1cc(C(=O)N2CCC3(CC2)c2ccccc2[C@@H](N)[C@@H]3O)no1. The van der Waals surface area contributed by atoms with Gasteiger partial charge in [0.05, 0.1) is 12.1 Å². The molecular formula is C20H25N3O3. The van der Waals surface area contributed by atoms with Crippen LogP contribution in [0.1, 0.15) is 59.6 Å². The number of amides is 1.